The second kappa shape index (κ2) is 10.6. The molecule has 0 radical (unpaired) electrons. The van der Waals surface area contributed by atoms with Crippen molar-refractivity contribution in [1.29, 1.82) is 5.26 Å². The Kier molecular flexibility index (Phi) is 7.83. The fourth-order valence-corrected chi connectivity index (χ4v) is 3.34. The maximum absolute atomic E-state index is 13.4. The number of methoxy groups -OCH3 is 1. The summed E-state index contributed by atoms with van der Waals surface area (Å²) in [6.45, 7) is -0.702. The first-order valence-electron chi connectivity index (χ1n) is 9.70. The van der Waals surface area contributed by atoms with Crippen LogP contribution in [0.25, 0.3) is 6.08 Å². The van der Waals surface area contributed by atoms with Gasteiger partial charge in [-0.2, -0.15) is 31.6 Å². The van der Waals surface area contributed by atoms with Crippen molar-refractivity contribution in [2.75, 3.05) is 12.4 Å². The van der Waals surface area contributed by atoms with Crippen molar-refractivity contribution in [1.82, 2.24) is 10.2 Å². The summed E-state index contributed by atoms with van der Waals surface area (Å²) >= 11 is 1.05. The zero-order valence-corrected chi connectivity index (χ0v) is 18.9. The summed E-state index contributed by atoms with van der Waals surface area (Å²) < 4.78 is 89.2. The lowest BCUT2D eigenvalue weighted by atomic mass is 10.0. The Hall–Kier alpha value is -4.12. The second-order valence-electron chi connectivity index (χ2n) is 6.93. The van der Waals surface area contributed by atoms with Gasteiger partial charge in [-0.05, 0) is 35.9 Å². The van der Waals surface area contributed by atoms with E-state index in [1.54, 1.807) is 6.07 Å². The Balaban J connectivity index is 1.82. The summed E-state index contributed by atoms with van der Waals surface area (Å²) in [5.74, 6) is -0.707. The summed E-state index contributed by atoms with van der Waals surface area (Å²) in [7, 11) is 1.25. The molecular formula is C22H14F6N4O3S. The molecular weight excluding hydrogens is 514 g/mol. The number of halogens is 6. The number of nitrogens with zero attached hydrogens (tertiary/aromatic N) is 3. The third-order valence-electron chi connectivity index (χ3n) is 4.57. The lowest BCUT2D eigenvalue weighted by Crippen LogP contribution is -2.14. The van der Waals surface area contributed by atoms with Gasteiger partial charge in [0.1, 0.15) is 23.8 Å². The monoisotopic (exact) mass is 528 g/mol. The number of carbonyl (C=O) groups is 1. The number of hydrogen-bond acceptors (Lipinski definition) is 7. The number of nitriles is 1. The number of aromatic nitrogens is 2. The summed E-state index contributed by atoms with van der Waals surface area (Å²) in [5.41, 5.74) is -1.99. The van der Waals surface area contributed by atoms with Crippen LogP contribution in [-0.4, -0.2) is 23.2 Å². The molecule has 0 spiro atoms. The second-order valence-corrected chi connectivity index (χ2v) is 7.77. The van der Waals surface area contributed by atoms with Crippen LogP contribution in [0.1, 0.15) is 22.3 Å². The standard InChI is InChI=1S/C22H14F6N4O3S/c1-34-18-7-12(6-14(9-29)19(33)31-20-32-30-11-36-20)2-5-17(18)35-10-13-3-4-15(21(23,24)25)8-16(13)22(26,27)28/h2-8,11H,10H2,1H3,(H,31,32,33)/b14-6+. The van der Waals surface area contributed by atoms with Gasteiger partial charge in [-0.3, -0.25) is 10.1 Å². The number of nitrogens with one attached hydrogen (secondary N) is 1. The van der Waals surface area contributed by atoms with Gasteiger partial charge in [-0.15, -0.1) is 10.2 Å². The van der Waals surface area contributed by atoms with Gasteiger partial charge in [0.25, 0.3) is 5.91 Å². The van der Waals surface area contributed by atoms with Crippen molar-refractivity contribution in [3.05, 3.63) is 69.7 Å². The van der Waals surface area contributed by atoms with Crippen molar-refractivity contribution in [3.63, 3.8) is 0 Å². The van der Waals surface area contributed by atoms with Crippen LogP contribution in [0.4, 0.5) is 31.5 Å². The van der Waals surface area contributed by atoms with E-state index in [9.17, 15) is 36.4 Å². The molecule has 2 aromatic carbocycles. The van der Waals surface area contributed by atoms with Crippen LogP contribution < -0.4 is 14.8 Å². The molecule has 1 amide bonds. The van der Waals surface area contributed by atoms with E-state index in [1.807, 2.05) is 0 Å². The molecule has 0 aliphatic rings. The number of hydrogen-bond donors (Lipinski definition) is 1. The Labute approximate surface area is 203 Å². The van der Waals surface area contributed by atoms with Gasteiger partial charge in [0.15, 0.2) is 11.5 Å². The maximum atomic E-state index is 13.4. The zero-order chi connectivity index (χ0) is 26.5. The number of alkyl halides is 6. The van der Waals surface area contributed by atoms with Crippen molar-refractivity contribution < 1.29 is 40.6 Å². The molecule has 0 fully saturated rings. The van der Waals surface area contributed by atoms with Gasteiger partial charge < -0.3 is 9.47 Å². The van der Waals surface area contributed by atoms with Gasteiger partial charge in [-0.25, -0.2) is 0 Å². The molecule has 1 heterocycles. The van der Waals surface area contributed by atoms with Crippen LogP contribution in [0.15, 0.2) is 47.5 Å². The van der Waals surface area contributed by atoms with E-state index in [4.69, 9.17) is 9.47 Å². The number of anilines is 1. The van der Waals surface area contributed by atoms with E-state index in [1.165, 1.54) is 36.9 Å². The summed E-state index contributed by atoms with van der Waals surface area (Å²) in [5, 5.41) is 19.1. The highest BCUT2D eigenvalue weighted by atomic mass is 32.1. The largest absolute Gasteiger partial charge is 0.493 e. The molecule has 0 saturated heterocycles. The molecule has 188 valence electrons. The molecule has 7 nitrogen and oxygen atoms in total. The van der Waals surface area contributed by atoms with Crippen LogP contribution in [0.5, 0.6) is 11.5 Å². The normalized spacial score (nSPS) is 12.1. The molecule has 1 aromatic heterocycles. The first-order chi connectivity index (χ1) is 16.9. The summed E-state index contributed by atoms with van der Waals surface area (Å²) in [6.07, 6.45) is -8.75. The highest BCUT2D eigenvalue weighted by Gasteiger charge is 2.38. The lowest BCUT2D eigenvalue weighted by molar-refractivity contribution is -0.143. The van der Waals surface area contributed by atoms with Crippen molar-refractivity contribution in [2.24, 2.45) is 0 Å². The van der Waals surface area contributed by atoms with Crippen LogP contribution in [0.3, 0.4) is 0 Å². The lowest BCUT2D eigenvalue weighted by Gasteiger charge is -2.17. The fourth-order valence-electron chi connectivity index (χ4n) is 2.90. The van der Waals surface area contributed by atoms with E-state index < -0.39 is 41.6 Å². The molecule has 0 aliphatic carbocycles. The summed E-state index contributed by atoms with van der Waals surface area (Å²) in [4.78, 5) is 12.2. The first-order valence-corrected chi connectivity index (χ1v) is 10.6. The third kappa shape index (κ3) is 6.51. The number of rotatable bonds is 7. The molecule has 3 aromatic rings. The highest BCUT2D eigenvalue weighted by molar-refractivity contribution is 7.13. The Bertz CT molecular complexity index is 1310. The average Bonchev–Trinajstić information content (AvgIpc) is 3.33. The van der Waals surface area contributed by atoms with Crippen molar-refractivity contribution >= 4 is 28.5 Å². The number of benzene rings is 2. The average molecular weight is 528 g/mol. The van der Waals surface area contributed by atoms with E-state index in [0.29, 0.717) is 17.7 Å². The molecule has 0 bridgehead atoms. The number of ether oxygens (including phenoxy) is 2. The van der Waals surface area contributed by atoms with Gasteiger partial charge in [0, 0.05) is 5.56 Å². The maximum Gasteiger partial charge on any atom is 0.416 e. The van der Waals surface area contributed by atoms with E-state index >= 15 is 0 Å². The van der Waals surface area contributed by atoms with E-state index in [2.05, 4.69) is 15.5 Å². The molecule has 3 rings (SSSR count). The van der Waals surface area contributed by atoms with Crippen LogP contribution in [-0.2, 0) is 23.8 Å². The molecule has 1 N–H and O–H groups in total. The molecule has 0 saturated carbocycles. The number of amides is 1. The molecule has 0 unspecified atom stereocenters. The van der Waals surface area contributed by atoms with Gasteiger partial charge in [0.2, 0.25) is 5.13 Å². The zero-order valence-electron chi connectivity index (χ0n) is 18.1. The predicted octanol–water partition coefficient (Wildman–Crippen LogP) is 5.71. The van der Waals surface area contributed by atoms with Crippen LogP contribution in [0.2, 0.25) is 0 Å². The Morgan fingerprint density at radius 3 is 2.44 bits per heavy atom. The summed E-state index contributed by atoms with van der Waals surface area (Å²) in [6, 6.07) is 7.10. The first kappa shape index (κ1) is 26.5. The highest BCUT2D eigenvalue weighted by Crippen LogP contribution is 2.38. The molecule has 0 aliphatic heterocycles. The van der Waals surface area contributed by atoms with Gasteiger partial charge in [0.05, 0.1) is 18.2 Å². The van der Waals surface area contributed by atoms with Gasteiger partial charge >= 0.3 is 12.4 Å². The van der Waals surface area contributed by atoms with Crippen molar-refractivity contribution in [2.45, 2.75) is 19.0 Å². The predicted molar refractivity (Wildman–Crippen MR) is 116 cm³/mol. The minimum atomic E-state index is -5.04. The topological polar surface area (TPSA) is 97.1 Å². The number of carbonyl (C=O) groups excluding carboxylic acids is 1. The van der Waals surface area contributed by atoms with Crippen molar-refractivity contribution in [3.8, 4) is 17.6 Å². The fraction of sp³-hybridized carbons (Fsp3) is 0.182. The van der Waals surface area contributed by atoms with E-state index in [0.717, 1.165) is 11.3 Å². The smallest absolute Gasteiger partial charge is 0.416 e. The molecule has 36 heavy (non-hydrogen) atoms. The van der Waals surface area contributed by atoms with E-state index in [-0.39, 0.29) is 28.3 Å². The van der Waals surface area contributed by atoms with Gasteiger partial charge in [-0.1, -0.05) is 23.5 Å². The third-order valence-corrected chi connectivity index (χ3v) is 5.18. The van der Waals surface area contributed by atoms with Crippen LogP contribution >= 0.6 is 11.3 Å². The molecule has 0 atom stereocenters. The SMILES string of the molecule is COc1cc(/C=C(\C#N)C(=O)Nc2nncs2)ccc1OCc1ccc(C(F)(F)F)cc1C(F)(F)F. The minimum Gasteiger partial charge on any atom is -0.493 e. The Morgan fingerprint density at radius 2 is 1.86 bits per heavy atom. The minimum absolute atomic E-state index is 0.0144. The Morgan fingerprint density at radius 1 is 1.11 bits per heavy atom. The van der Waals surface area contributed by atoms with Crippen LogP contribution in [0, 0.1) is 11.3 Å². The quantitative estimate of drug-likeness (QED) is 0.240. The molecule has 14 heteroatoms.